The van der Waals surface area contributed by atoms with Crippen molar-refractivity contribution in [1.82, 2.24) is 9.80 Å². The fourth-order valence-corrected chi connectivity index (χ4v) is 2.95. The van der Waals surface area contributed by atoms with Crippen LogP contribution in [0.2, 0.25) is 0 Å². The molecular weight excluding hydrogens is 328 g/mol. The molecule has 0 bridgehead atoms. The molecule has 0 saturated carbocycles. The molecule has 1 saturated heterocycles. The van der Waals surface area contributed by atoms with Gasteiger partial charge in [-0.2, -0.15) is 0 Å². The third-order valence-corrected chi connectivity index (χ3v) is 4.77. The molecule has 0 aliphatic carbocycles. The number of methoxy groups -OCH3 is 1. The van der Waals surface area contributed by atoms with Crippen molar-refractivity contribution in [3.8, 4) is 0 Å². The van der Waals surface area contributed by atoms with E-state index in [1.165, 1.54) is 7.11 Å². The van der Waals surface area contributed by atoms with Crippen molar-refractivity contribution >= 4 is 29.5 Å². The molecule has 2 amide bonds. The molecule has 1 fully saturated rings. The van der Waals surface area contributed by atoms with Gasteiger partial charge in [-0.15, -0.1) is 11.8 Å². The minimum Gasteiger partial charge on any atom is -0.469 e. The maximum Gasteiger partial charge on any atom is 0.306 e. The molecule has 1 heterocycles. The Labute approximate surface area is 146 Å². The van der Waals surface area contributed by atoms with Crippen molar-refractivity contribution < 1.29 is 19.1 Å². The van der Waals surface area contributed by atoms with Crippen molar-refractivity contribution in [2.75, 3.05) is 39.5 Å². The molecule has 24 heavy (non-hydrogen) atoms. The molecular formula is C17H22N2O4S. The zero-order chi connectivity index (χ0) is 17.5. The van der Waals surface area contributed by atoms with E-state index >= 15 is 0 Å². The maximum absolute atomic E-state index is 12.5. The lowest BCUT2D eigenvalue weighted by molar-refractivity contribution is -0.143. The largest absolute Gasteiger partial charge is 0.469 e. The Kier molecular flexibility index (Phi) is 6.66. The summed E-state index contributed by atoms with van der Waals surface area (Å²) < 4.78 is 4.54. The van der Waals surface area contributed by atoms with Crippen LogP contribution in [0.25, 0.3) is 0 Å². The second kappa shape index (κ2) is 8.73. The normalized spacial score (nSPS) is 14.4. The van der Waals surface area contributed by atoms with Gasteiger partial charge in [0.2, 0.25) is 5.91 Å². The summed E-state index contributed by atoms with van der Waals surface area (Å²) in [7, 11) is 1.31. The molecule has 0 unspecified atom stereocenters. The number of carbonyl (C=O) groups is 3. The molecule has 0 atom stereocenters. The van der Waals surface area contributed by atoms with Crippen molar-refractivity contribution in [3.63, 3.8) is 0 Å². The number of rotatable bonds is 5. The fourth-order valence-electron chi connectivity index (χ4n) is 2.54. The second-order valence-electron chi connectivity index (χ2n) is 5.48. The van der Waals surface area contributed by atoms with Gasteiger partial charge >= 0.3 is 5.97 Å². The average Bonchev–Trinajstić information content (AvgIpc) is 2.65. The quantitative estimate of drug-likeness (QED) is 0.597. The molecule has 130 valence electrons. The van der Waals surface area contributed by atoms with E-state index in [2.05, 4.69) is 4.74 Å². The summed E-state index contributed by atoms with van der Waals surface area (Å²) in [5, 5.41) is 0. The summed E-state index contributed by atoms with van der Waals surface area (Å²) in [6.07, 6.45) is 2.24. The average molecular weight is 350 g/mol. The third-order valence-electron chi connectivity index (χ3n) is 4.03. The Hall–Kier alpha value is -2.02. The highest BCUT2D eigenvalue weighted by Crippen LogP contribution is 2.16. The van der Waals surface area contributed by atoms with Crippen LogP contribution < -0.4 is 0 Å². The van der Waals surface area contributed by atoms with Crippen LogP contribution in [0.5, 0.6) is 0 Å². The molecule has 0 N–H and O–H groups in total. The number of benzene rings is 1. The van der Waals surface area contributed by atoms with Crippen LogP contribution in [0.1, 0.15) is 23.2 Å². The Balaban J connectivity index is 1.84. The van der Waals surface area contributed by atoms with E-state index in [1.54, 1.807) is 21.6 Å². The number of hydrogen-bond acceptors (Lipinski definition) is 5. The number of esters is 1. The summed E-state index contributed by atoms with van der Waals surface area (Å²) in [4.78, 5) is 40.2. The first-order chi connectivity index (χ1) is 11.5. The van der Waals surface area contributed by atoms with Gasteiger partial charge in [0.25, 0.3) is 5.91 Å². The highest BCUT2D eigenvalue weighted by atomic mass is 32.2. The number of amides is 2. The van der Waals surface area contributed by atoms with E-state index in [-0.39, 0.29) is 30.6 Å². The van der Waals surface area contributed by atoms with E-state index in [1.807, 2.05) is 30.5 Å². The maximum atomic E-state index is 12.5. The molecule has 0 radical (unpaired) electrons. The van der Waals surface area contributed by atoms with Gasteiger partial charge in [-0.3, -0.25) is 14.4 Å². The number of thioether (sulfide) groups is 1. The SMILES string of the molecule is COC(=O)CCC(=O)N1CCN(C(=O)c2ccc(SC)cc2)CC1. The van der Waals surface area contributed by atoms with E-state index in [4.69, 9.17) is 0 Å². The Morgan fingerprint density at radius 3 is 2.12 bits per heavy atom. The van der Waals surface area contributed by atoms with Gasteiger partial charge in [-0.1, -0.05) is 0 Å². The molecule has 2 rings (SSSR count). The van der Waals surface area contributed by atoms with Crippen LogP contribution in [0, 0.1) is 0 Å². The van der Waals surface area contributed by atoms with Crippen molar-refractivity contribution in [1.29, 1.82) is 0 Å². The Morgan fingerprint density at radius 1 is 1.00 bits per heavy atom. The van der Waals surface area contributed by atoms with E-state index in [0.29, 0.717) is 31.7 Å². The van der Waals surface area contributed by atoms with Gasteiger partial charge in [0.05, 0.1) is 13.5 Å². The van der Waals surface area contributed by atoms with Crippen molar-refractivity contribution in [2.45, 2.75) is 17.7 Å². The van der Waals surface area contributed by atoms with Crippen LogP contribution in [0.3, 0.4) is 0 Å². The van der Waals surface area contributed by atoms with Gasteiger partial charge in [-0.25, -0.2) is 0 Å². The van der Waals surface area contributed by atoms with Crippen LogP contribution in [-0.2, 0) is 14.3 Å². The molecule has 7 heteroatoms. The first kappa shape index (κ1) is 18.3. The summed E-state index contributed by atoms with van der Waals surface area (Å²) >= 11 is 1.63. The number of carbonyl (C=O) groups excluding carboxylic acids is 3. The number of piperazine rings is 1. The number of nitrogens with zero attached hydrogens (tertiary/aromatic N) is 2. The first-order valence-corrected chi connectivity index (χ1v) is 9.05. The summed E-state index contributed by atoms with van der Waals surface area (Å²) in [6.45, 7) is 2.00. The smallest absolute Gasteiger partial charge is 0.306 e. The first-order valence-electron chi connectivity index (χ1n) is 7.83. The monoisotopic (exact) mass is 350 g/mol. The fraction of sp³-hybridized carbons (Fsp3) is 0.471. The van der Waals surface area contributed by atoms with E-state index in [9.17, 15) is 14.4 Å². The molecule has 1 aliphatic heterocycles. The Morgan fingerprint density at radius 2 is 1.58 bits per heavy atom. The van der Waals surface area contributed by atoms with Gasteiger partial charge in [0.1, 0.15) is 0 Å². The van der Waals surface area contributed by atoms with Crippen molar-refractivity contribution in [3.05, 3.63) is 29.8 Å². The predicted octanol–water partition coefficient (Wildman–Crippen LogP) is 1.65. The van der Waals surface area contributed by atoms with Crippen molar-refractivity contribution in [2.24, 2.45) is 0 Å². The summed E-state index contributed by atoms with van der Waals surface area (Å²) in [6, 6.07) is 7.54. The molecule has 0 aromatic heterocycles. The number of hydrogen-bond donors (Lipinski definition) is 0. The third kappa shape index (κ3) is 4.74. The molecule has 1 aromatic rings. The van der Waals surface area contributed by atoms with E-state index in [0.717, 1.165) is 4.90 Å². The topological polar surface area (TPSA) is 66.9 Å². The second-order valence-corrected chi connectivity index (χ2v) is 6.36. The standard InChI is InChI=1S/C17H22N2O4S/c1-23-16(21)8-7-15(20)18-9-11-19(12-10-18)17(22)13-3-5-14(24-2)6-4-13/h3-6H,7-12H2,1-2H3. The van der Waals surface area contributed by atoms with Gasteiger partial charge in [-0.05, 0) is 30.5 Å². The minimum absolute atomic E-state index is 0.00990. The number of ether oxygens (including phenoxy) is 1. The predicted molar refractivity (Wildman–Crippen MR) is 92.0 cm³/mol. The Bertz CT molecular complexity index is 595. The molecule has 1 aliphatic rings. The lowest BCUT2D eigenvalue weighted by atomic mass is 10.1. The molecule has 1 aromatic carbocycles. The van der Waals surface area contributed by atoms with Crippen LogP contribution >= 0.6 is 11.8 Å². The zero-order valence-electron chi connectivity index (χ0n) is 14.0. The zero-order valence-corrected chi connectivity index (χ0v) is 14.8. The molecule has 6 nitrogen and oxygen atoms in total. The van der Waals surface area contributed by atoms with Gasteiger partial charge in [0.15, 0.2) is 0 Å². The van der Waals surface area contributed by atoms with Crippen LogP contribution in [0.15, 0.2) is 29.2 Å². The minimum atomic E-state index is -0.383. The lowest BCUT2D eigenvalue weighted by Gasteiger charge is -2.34. The van der Waals surface area contributed by atoms with Crippen LogP contribution in [-0.4, -0.2) is 67.1 Å². The lowest BCUT2D eigenvalue weighted by Crippen LogP contribution is -2.50. The van der Waals surface area contributed by atoms with Crippen LogP contribution in [0.4, 0.5) is 0 Å². The van der Waals surface area contributed by atoms with E-state index < -0.39 is 0 Å². The highest BCUT2D eigenvalue weighted by Gasteiger charge is 2.25. The highest BCUT2D eigenvalue weighted by molar-refractivity contribution is 7.98. The van der Waals surface area contributed by atoms with Gasteiger partial charge < -0.3 is 14.5 Å². The summed E-state index contributed by atoms with van der Waals surface area (Å²) in [5.74, 6) is -0.466. The molecule has 0 spiro atoms. The van der Waals surface area contributed by atoms with Gasteiger partial charge in [0, 0.05) is 43.1 Å². The summed E-state index contributed by atoms with van der Waals surface area (Å²) in [5.41, 5.74) is 0.665.